The highest BCUT2D eigenvalue weighted by Gasteiger charge is 2.24. The number of ether oxygens (including phenoxy) is 1. The van der Waals surface area contributed by atoms with E-state index in [0.29, 0.717) is 31.9 Å². The summed E-state index contributed by atoms with van der Waals surface area (Å²) in [5.41, 5.74) is 0.709. The third-order valence-corrected chi connectivity index (χ3v) is 4.84. The Bertz CT molecular complexity index is 607. The molecule has 1 aliphatic rings. The third kappa shape index (κ3) is 4.69. The molecule has 8 heteroatoms. The fourth-order valence-corrected chi connectivity index (χ4v) is 3.12. The molecule has 1 aromatic rings. The van der Waals surface area contributed by atoms with Gasteiger partial charge in [0, 0.05) is 31.9 Å². The first kappa shape index (κ1) is 16.7. The summed E-state index contributed by atoms with van der Waals surface area (Å²) in [5.74, 6) is 0.618. The Hall–Kier alpha value is -1.64. The van der Waals surface area contributed by atoms with E-state index >= 15 is 0 Å². The standard InChI is InChI=1S/C14H21N3O4S/c1-21-13-5-3-12(4-6-13)15-14(18)11-16-7-9-17(10-8-16)22(2,19)20/h3-6H,7-11H2,1-2H3,(H,15,18). The van der Waals surface area contributed by atoms with E-state index < -0.39 is 10.0 Å². The van der Waals surface area contributed by atoms with Crippen molar-refractivity contribution in [2.75, 3.05) is 51.4 Å². The van der Waals surface area contributed by atoms with Gasteiger partial charge < -0.3 is 10.1 Å². The maximum absolute atomic E-state index is 12.0. The van der Waals surface area contributed by atoms with E-state index in [2.05, 4.69) is 5.32 Å². The Morgan fingerprint density at radius 2 is 1.77 bits per heavy atom. The monoisotopic (exact) mass is 327 g/mol. The number of anilines is 1. The van der Waals surface area contributed by atoms with Gasteiger partial charge in [0.05, 0.1) is 19.9 Å². The average Bonchev–Trinajstić information content (AvgIpc) is 2.47. The number of nitrogens with zero attached hydrogens (tertiary/aromatic N) is 2. The van der Waals surface area contributed by atoms with Crippen LogP contribution in [-0.4, -0.2) is 69.6 Å². The van der Waals surface area contributed by atoms with Crippen molar-refractivity contribution in [3.05, 3.63) is 24.3 Å². The molecule has 0 atom stereocenters. The van der Waals surface area contributed by atoms with Gasteiger partial charge >= 0.3 is 0 Å². The van der Waals surface area contributed by atoms with Crippen LogP contribution in [0, 0.1) is 0 Å². The van der Waals surface area contributed by atoms with Gasteiger partial charge in [-0.2, -0.15) is 4.31 Å². The molecular formula is C14H21N3O4S. The van der Waals surface area contributed by atoms with Gasteiger partial charge in [-0.3, -0.25) is 9.69 Å². The van der Waals surface area contributed by atoms with Gasteiger partial charge in [-0.05, 0) is 24.3 Å². The minimum atomic E-state index is -3.14. The van der Waals surface area contributed by atoms with Crippen LogP contribution in [0.15, 0.2) is 24.3 Å². The van der Waals surface area contributed by atoms with Crippen molar-refractivity contribution in [1.82, 2.24) is 9.21 Å². The molecule has 1 saturated heterocycles. The van der Waals surface area contributed by atoms with Gasteiger partial charge in [0.25, 0.3) is 0 Å². The summed E-state index contributed by atoms with van der Waals surface area (Å²) in [5, 5.41) is 2.81. The van der Waals surface area contributed by atoms with Gasteiger partial charge in [-0.15, -0.1) is 0 Å². The SMILES string of the molecule is COc1ccc(NC(=O)CN2CCN(S(C)(=O)=O)CC2)cc1. The first-order chi connectivity index (χ1) is 10.4. The molecule has 0 unspecified atom stereocenters. The number of sulfonamides is 1. The van der Waals surface area contributed by atoms with Crippen molar-refractivity contribution < 1.29 is 17.9 Å². The van der Waals surface area contributed by atoms with Crippen LogP contribution in [0.1, 0.15) is 0 Å². The first-order valence-electron chi connectivity index (χ1n) is 7.00. The molecule has 0 aromatic heterocycles. The second kappa shape index (κ2) is 7.08. The molecule has 1 fully saturated rings. The molecule has 0 saturated carbocycles. The number of piperazine rings is 1. The number of rotatable bonds is 5. The predicted octanol–water partition coefficient (Wildman–Crippen LogP) is 0.211. The predicted molar refractivity (Wildman–Crippen MR) is 84.5 cm³/mol. The molecule has 1 amide bonds. The molecule has 122 valence electrons. The molecule has 22 heavy (non-hydrogen) atoms. The Labute approximate surface area is 130 Å². The second-order valence-electron chi connectivity index (χ2n) is 5.21. The zero-order chi connectivity index (χ0) is 16.2. The van der Waals surface area contributed by atoms with Crippen LogP contribution >= 0.6 is 0 Å². The Morgan fingerprint density at radius 3 is 2.27 bits per heavy atom. The lowest BCUT2D eigenvalue weighted by atomic mass is 10.3. The summed E-state index contributed by atoms with van der Waals surface area (Å²) < 4.78 is 29.3. The highest BCUT2D eigenvalue weighted by molar-refractivity contribution is 7.88. The lowest BCUT2D eigenvalue weighted by Gasteiger charge is -2.32. The van der Waals surface area contributed by atoms with E-state index in [1.54, 1.807) is 31.4 Å². The molecule has 1 aromatic carbocycles. The van der Waals surface area contributed by atoms with Gasteiger partial charge in [-0.25, -0.2) is 8.42 Å². The van der Waals surface area contributed by atoms with Gasteiger partial charge in [0.15, 0.2) is 0 Å². The van der Waals surface area contributed by atoms with Crippen molar-refractivity contribution in [2.45, 2.75) is 0 Å². The summed E-state index contributed by atoms with van der Waals surface area (Å²) in [6, 6.07) is 7.11. The average molecular weight is 327 g/mol. The summed E-state index contributed by atoms with van der Waals surface area (Å²) in [6.45, 7) is 2.22. The Kier molecular flexibility index (Phi) is 5.38. The van der Waals surface area contributed by atoms with E-state index in [1.807, 2.05) is 4.90 Å². The molecule has 1 aliphatic heterocycles. The minimum absolute atomic E-state index is 0.113. The van der Waals surface area contributed by atoms with E-state index in [-0.39, 0.29) is 12.5 Å². The molecule has 1 N–H and O–H groups in total. The van der Waals surface area contributed by atoms with Crippen molar-refractivity contribution >= 4 is 21.6 Å². The quantitative estimate of drug-likeness (QED) is 0.836. The Morgan fingerprint density at radius 1 is 1.18 bits per heavy atom. The first-order valence-corrected chi connectivity index (χ1v) is 8.85. The zero-order valence-corrected chi connectivity index (χ0v) is 13.6. The molecule has 0 bridgehead atoms. The highest BCUT2D eigenvalue weighted by Crippen LogP contribution is 2.15. The molecule has 2 rings (SSSR count). The van der Waals surface area contributed by atoms with Gasteiger partial charge in [-0.1, -0.05) is 0 Å². The maximum Gasteiger partial charge on any atom is 0.238 e. The van der Waals surface area contributed by atoms with E-state index in [4.69, 9.17) is 4.74 Å². The van der Waals surface area contributed by atoms with E-state index in [1.165, 1.54) is 10.6 Å². The normalized spacial score (nSPS) is 17.2. The minimum Gasteiger partial charge on any atom is -0.497 e. The van der Waals surface area contributed by atoms with Crippen LogP contribution < -0.4 is 10.1 Å². The lowest BCUT2D eigenvalue weighted by molar-refractivity contribution is -0.117. The lowest BCUT2D eigenvalue weighted by Crippen LogP contribution is -2.50. The molecule has 1 heterocycles. The van der Waals surface area contributed by atoms with E-state index in [9.17, 15) is 13.2 Å². The van der Waals surface area contributed by atoms with Gasteiger partial charge in [0.1, 0.15) is 5.75 Å². The highest BCUT2D eigenvalue weighted by atomic mass is 32.2. The molecular weight excluding hydrogens is 306 g/mol. The number of nitrogens with one attached hydrogen (secondary N) is 1. The second-order valence-corrected chi connectivity index (χ2v) is 7.20. The molecule has 7 nitrogen and oxygen atoms in total. The fourth-order valence-electron chi connectivity index (χ4n) is 2.30. The van der Waals surface area contributed by atoms with Crippen LogP contribution in [0.25, 0.3) is 0 Å². The number of carbonyl (C=O) groups excluding carboxylic acids is 1. The molecule has 0 spiro atoms. The molecule has 0 aliphatic carbocycles. The fraction of sp³-hybridized carbons (Fsp3) is 0.500. The summed E-state index contributed by atoms with van der Waals surface area (Å²) in [7, 11) is -1.55. The third-order valence-electron chi connectivity index (χ3n) is 3.54. The van der Waals surface area contributed by atoms with Crippen molar-refractivity contribution in [2.24, 2.45) is 0 Å². The van der Waals surface area contributed by atoms with Crippen LogP contribution in [0.3, 0.4) is 0 Å². The Balaban J connectivity index is 1.80. The summed E-state index contributed by atoms with van der Waals surface area (Å²) in [4.78, 5) is 13.9. The number of hydrogen-bond acceptors (Lipinski definition) is 5. The largest absolute Gasteiger partial charge is 0.497 e. The van der Waals surface area contributed by atoms with Crippen molar-refractivity contribution in [1.29, 1.82) is 0 Å². The topological polar surface area (TPSA) is 79.0 Å². The van der Waals surface area contributed by atoms with E-state index in [0.717, 1.165) is 5.75 Å². The number of hydrogen-bond donors (Lipinski definition) is 1. The van der Waals surface area contributed by atoms with Crippen LogP contribution in [0.4, 0.5) is 5.69 Å². The van der Waals surface area contributed by atoms with Crippen molar-refractivity contribution in [3.8, 4) is 5.75 Å². The van der Waals surface area contributed by atoms with Crippen molar-refractivity contribution in [3.63, 3.8) is 0 Å². The number of methoxy groups -OCH3 is 1. The number of carbonyl (C=O) groups is 1. The summed E-state index contributed by atoms with van der Waals surface area (Å²) >= 11 is 0. The number of benzene rings is 1. The van der Waals surface area contributed by atoms with Gasteiger partial charge in [0.2, 0.25) is 15.9 Å². The van der Waals surface area contributed by atoms with Crippen LogP contribution in [0.2, 0.25) is 0 Å². The molecule has 0 radical (unpaired) electrons. The maximum atomic E-state index is 12.0. The van der Waals surface area contributed by atoms with Crippen LogP contribution in [-0.2, 0) is 14.8 Å². The summed E-state index contributed by atoms with van der Waals surface area (Å²) in [6.07, 6.45) is 1.21. The number of amides is 1. The van der Waals surface area contributed by atoms with Crippen LogP contribution in [0.5, 0.6) is 5.75 Å². The smallest absolute Gasteiger partial charge is 0.238 e. The zero-order valence-electron chi connectivity index (χ0n) is 12.8.